The molecule has 0 bridgehead atoms. The van der Waals surface area contributed by atoms with Gasteiger partial charge in [0, 0.05) is 36.5 Å². The minimum absolute atomic E-state index is 0.267. The zero-order valence-corrected chi connectivity index (χ0v) is 14.9. The average Bonchev–Trinajstić information content (AvgIpc) is 3.42. The molecule has 2 aliphatic carbocycles. The van der Waals surface area contributed by atoms with Gasteiger partial charge in [0.05, 0.1) is 12.2 Å². The summed E-state index contributed by atoms with van der Waals surface area (Å²) < 4.78 is 0. The topological polar surface area (TPSA) is 71.0 Å². The van der Waals surface area contributed by atoms with Gasteiger partial charge < -0.3 is 10.2 Å². The minimum atomic E-state index is 0.267. The molecule has 0 radical (unpaired) electrons. The van der Waals surface area contributed by atoms with Crippen molar-refractivity contribution < 1.29 is 4.79 Å². The average molecular weight is 349 g/mol. The normalized spacial score (nSPS) is 18.4. The van der Waals surface area contributed by atoms with Crippen molar-refractivity contribution in [2.45, 2.75) is 51.6 Å². The Bertz CT molecular complexity index is 861. The summed E-state index contributed by atoms with van der Waals surface area (Å²) in [6.07, 6.45) is 9.96. The van der Waals surface area contributed by atoms with Crippen LogP contribution >= 0.6 is 0 Å². The fourth-order valence-corrected chi connectivity index (χ4v) is 4.04. The van der Waals surface area contributed by atoms with Crippen LogP contribution in [0.4, 0.5) is 5.82 Å². The number of carbonyl (C=O) groups excluding carboxylic acids is 1. The van der Waals surface area contributed by atoms with Crippen LogP contribution in [0, 0.1) is 5.92 Å². The first-order valence-electron chi connectivity index (χ1n) is 9.60. The quantitative estimate of drug-likeness (QED) is 0.917. The van der Waals surface area contributed by atoms with Crippen molar-refractivity contribution in [2.24, 2.45) is 5.92 Å². The number of fused-ring (bicyclic) bond motifs is 2. The second-order valence-corrected chi connectivity index (χ2v) is 7.59. The zero-order valence-electron chi connectivity index (χ0n) is 14.9. The van der Waals surface area contributed by atoms with Crippen LogP contribution in [0.5, 0.6) is 0 Å². The van der Waals surface area contributed by atoms with Gasteiger partial charge in [-0.15, -0.1) is 0 Å². The molecule has 1 amide bonds. The van der Waals surface area contributed by atoms with Gasteiger partial charge in [-0.25, -0.2) is 9.97 Å². The number of nitrogens with one attached hydrogen (secondary N) is 1. The Kier molecular flexibility index (Phi) is 3.84. The fraction of sp³-hybridized carbons (Fsp3) is 0.500. The van der Waals surface area contributed by atoms with Crippen molar-refractivity contribution in [3.05, 3.63) is 46.7 Å². The van der Waals surface area contributed by atoms with Crippen LogP contribution in [0.2, 0.25) is 0 Å². The molecule has 6 heteroatoms. The molecule has 134 valence electrons. The van der Waals surface area contributed by atoms with Crippen LogP contribution < -0.4 is 5.32 Å². The fourth-order valence-electron chi connectivity index (χ4n) is 4.04. The van der Waals surface area contributed by atoms with E-state index in [9.17, 15) is 4.79 Å². The van der Waals surface area contributed by atoms with Crippen molar-refractivity contribution in [3.8, 4) is 0 Å². The number of rotatable bonds is 4. The second-order valence-electron chi connectivity index (χ2n) is 7.59. The summed E-state index contributed by atoms with van der Waals surface area (Å²) in [6.45, 7) is 2.10. The number of nitrogens with zero attached hydrogens (tertiary/aromatic N) is 4. The smallest absolute Gasteiger partial charge is 0.226 e. The standard InChI is InChI=1S/C20H23N5O/c26-20(14-4-5-14)25-7-6-16-18(11-25)23-12-24-19(16)22-10-13-8-15-2-1-3-17(15)21-9-13/h8-9,12,14H,1-7,10-11H2,(H,22,23,24). The third-order valence-electron chi connectivity index (χ3n) is 5.68. The SMILES string of the molecule is O=C(C1CC1)N1CCc2c(ncnc2NCc2cnc3c(c2)CCC3)C1. The number of amides is 1. The van der Waals surface area contributed by atoms with E-state index < -0.39 is 0 Å². The molecule has 0 unspecified atom stereocenters. The predicted molar refractivity (Wildman–Crippen MR) is 97.5 cm³/mol. The molecule has 2 aromatic rings. The largest absolute Gasteiger partial charge is 0.366 e. The molecule has 1 fully saturated rings. The Hall–Kier alpha value is -2.50. The summed E-state index contributed by atoms with van der Waals surface area (Å²) in [7, 11) is 0. The van der Waals surface area contributed by atoms with Crippen LogP contribution in [0.15, 0.2) is 18.6 Å². The van der Waals surface area contributed by atoms with Crippen molar-refractivity contribution in [1.82, 2.24) is 19.9 Å². The number of pyridine rings is 1. The van der Waals surface area contributed by atoms with Crippen LogP contribution in [-0.2, 0) is 37.1 Å². The molecule has 0 aromatic carbocycles. The number of hydrogen-bond donors (Lipinski definition) is 1. The Morgan fingerprint density at radius 3 is 2.96 bits per heavy atom. The van der Waals surface area contributed by atoms with Gasteiger partial charge in [0.2, 0.25) is 5.91 Å². The molecule has 1 aliphatic heterocycles. The number of carbonyl (C=O) groups is 1. The lowest BCUT2D eigenvalue weighted by molar-refractivity contribution is -0.133. The summed E-state index contributed by atoms with van der Waals surface area (Å²) in [5.41, 5.74) is 5.98. The predicted octanol–water partition coefficient (Wildman–Crippen LogP) is 2.27. The summed E-state index contributed by atoms with van der Waals surface area (Å²) in [5, 5.41) is 3.46. The van der Waals surface area contributed by atoms with Crippen molar-refractivity contribution in [2.75, 3.05) is 11.9 Å². The van der Waals surface area contributed by atoms with Crippen molar-refractivity contribution >= 4 is 11.7 Å². The highest BCUT2D eigenvalue weighted by Crippen LogP contribution is 2.33. The van der Waals surface area contributed by atoms with Gasteiger partial charge in [0.25, 0.3) is 0 Å². The maximum Gasteiger partial charge on any atom is 0.226 e. The molecule has 0 atom stereocenters. The lowest BCUT2D eigenvalue weighted by Crippen LogP contribution is -2.37. The van der Waals surface area contributed by atoms with E-state index in [2.05, 4.69) is 26.3 Å². The first-order chi connectivity index (χ1) is 12.8. The van der Waals surface area contributed by atoms with E-state index in [4.69, 9.17) is 0 Å². The summed E-state index contributed by atoms with van der Waals surface area (Å²) in [5.74, 6) is 1.46. The van der Waals surface area contributed by atoms with E-state index in [0.29, 0.717) is 19.0 Å². The molecule has 0 saturated heterocycles. The van der Waals surface area contributed by atoms with E-state index >= 15 is 0 Å². The molecular weight excluding hydrogens is 326 g/mol. The van der Waals surface area contributed by atoms with Crippen LogP contribution in [-0.4, -0.2) is 32.3 Å². The Balaban J connectivity index is 1.30. The maximum atomic E-state index is 12.3. The van der Waals surface area contributed by atoms with Gasteiger partial charge in [0.1, 0.15) is 12.1 Å². The number of anilines is 1. The lowest BCUT2D eigenvalue weighted by Gasteiger charge is -2.29. The summed E-state index contributed by atoms with van der Waals surface area (Å²) in [6, 6.07) is 2.27. The third kappa shape index (κ3) is 2.93. The number of aromatic nitrogens is 3. The lowest BCUT2D eigenvalue weighted by atomic mass is 10.0. The number of aryl methyl sites for hydroxylation is 2. The Labute approximate surface area is 153 Å². The minimum Gasteiger partial charge on any atom is -0.366 e. The van der Waals surface area contributed by atoms with E-state index in [-0.39, 0.29) is 5.92 Å². The monoisotopic (exact) mass is 349 g/mol. The molecule has 5 rings (SSSR count). The van der Waals surface area contributed by atoms with Crippen LogP contribution in [0.25, 0.3) is 0 Å². The van der Waals surface area contributed by atoms with E-state index in [1.807, 2.05) is 11.1 Å². The molecular formula is C20H23N5O. The molecule has 2 aromatic heterocycles. The zero-order chi connectivity index (χ0) is 17.5. The van der Waals surface area contributed by atoms with Gasteiger partial charge in [0.15, 0.2) is 0 Å². The van der Waals surface area contributed by atoms with Crippen molar-refractivity contribution in [1.29, 1.82) is 0 Å². The number of hydrogen-bond acceptors (Lipinski definition) is 5. The Morgan fingerprint density at radius 2 is 2.08 bits per heavy atom. The highest BCUT2D eigenvalue weighted by Gasteiger charge is 2.35. The molecule has 3 aliphatic rings. The molecule has 0 spiro atoms. The molecule has 1 saturated carbocycles. The maximum absolute atomic E-state index is 12.3. The molecule has 1 N–H and O–H groups in total. The molecule has 26 heavy (non-hydrogen) atoms. The van der Waals surface area contributed by atoms with Crippen molar-refractivity contribution in [3.63, 3.8) is 0 Å². The van der Waals surface area contributed by atoms with Gasteiger partial charge in [-0.2, -0.15) is 0 Å². The highest BCUT2D eigenvalue weighted by atomic mass is 16.2. The van der Waals surface area contributed by atoms with E-state index in [0.717, 1.165) is 55.7 Å². The first kappa shape index (κ1) is 15.7. The molecule has 6 nitrogen and oxygen atoms in total. The summed E-state index contributed by atoms with van der Waals surface area (Å²) >= 11 is 0. The van der Waals surface area contributed by atoms with E-state index in [1.54, 1.807) is 6.33 Å². The second kappa shape index (κ2) is 6.34. The van der Waals surface area contributed by atoms with Gasteiger partial charge in [-0.1, -0.05) is 6.07 Å². The van der Waals surface area contributed by atoms with Gasteiger partial charge >= 0.3 is 0 Å². The van der Waals surface area contributed by atoms with Crippen LogP contribution in [0.3, 0.4) is 0 Å². The van der Waals surface area contributed by atoms with Crippen LogP contribution in [0.1, 0.15) is 47.3 Å². The van der Waals surface area contributed by atoms with E-state index in [1.165, 1.54) is 23.2 Å². The highest BCUT2D eigenvalue weighted by molar-refractivity contribution is 5.81. The first-order valence-corrected chi connectivity index (χ1v) is 9.60. The third-order valence-corrected chi connectivity index (χ3v) is 5.68. The van der Waals surface area contributed by atoms with Gasteiger partial charge in [-0.3, -0.25) is 9.78 Å². The summed E-state index contributed by atoms with van der Waals surface area (Å²) in [4.78, 5) is 27.8. The van der Waals surface area contributed by atoms with Gasteiger partial charge in [-0.05, 0) is 49.7 Å². The Morgan fingerprint density at radius 1 is 1.15 bits per heavy atom. The molecule has 3 heterocycles.